The number of carbonyl (C=O) groups excluding carboxylic acids is 1. The highest BCUT2D eigenvalue weighted by Gasteiger charge is 2.20. The van der Waals surface area contributed by atoms with Gasteiger partial charge in [-0.3, -0.25) is 9.79 Å². The molecule has 2 rings (SSSR count). The van der Waals surface area contributed by atoms with E-state index < -0.39 is 0 Å². The van der Waals surface area contributed by atoms with Gasteiger partial charge in [-0.05, 0) is 44.7 Å². The van der Waals surface area contributed by atoms with Crippen molar-refractivity contribution in [2.45, 2.75) is 52.5 Å². The smallest absolute Gasteiger partial charge is 0.224 e. The molecule has 1 saturated heterocycles. The number of thiophene rings is 1. The lowest BCUT2D eigenvalue weighted by molar-refractivity contribution is -0.132. The highest BCUT2D eigenvalue weighted by Crippen LogP contribution is 2.17. The molecule has 0 aliphatic carbocycles. The van der Waals surface area contributed by atoms with Crippen LogP contribution in [0.5, 0.6) is 0 Å². The molecule has 0 spiro atoms. The van der Waals surface area contributed by atoms with E-state index >= 15 is 0 Å². The first kappa shape index (κ1) is 19.8. The summed E-state index contributed by atoms with van der Waals surface area (Å²) < 4.78 is 0. The van der Waals surface area contributed by atoms with Crippen molar-refractivity contribution in [3.05, 3.63) is 21.9 Å². The Morgan fingerprint density at radius 2 is 2.28 bits per heavy atom. The summed E-state index contributed by atoms with van der Waals surface area (Å²) in [5, 5.41) is 6.67. The third kappa shape index (κ3) is 6.69. The third-order valence-electron chi connectivity index (χ3n) is 4.55. The van der Waals surface area contributed by atoms with E-state index in [2.05, 4.69) is 48.5 Å². The molecule has 2 N–H and O–H groups in total. The Hall–Kier alpha value is -1.56. The first-order valence-corrected chi connectivity index (χ1v) is 10.1. The van der Waals surface area contributed by atoms with Gasteiger partial charge in [0.2, 0.25) is 5.91 Å². The van der Waals surface area contributed by atoms with E-state index in [0.717, 1.165) is 31.9 Å². The molecule has 2 unspecified atom stereocenters. The largest absolute Gasteiger partial charge is 0.356 e. The molecular weight excluding hydrogens is 332 g/mol. The molecule has 1 fully saturated rings. The van der Waals surface area contributed by atoms with E-state index in [1.54, 1.807) is 7.05 Å². The molecule has 1 aromatic rings. The molecule has 0 saturated carbocycles. The summed E-state index contributed by atoms with van der Waals surface area (Å²) in [6.45, 7) is 8.94. The SMILES string of the molecule is CN=C(NCCC(=O)N1CCCC(C)C1)NC(C)Cc1ccc(C)s1. The minimum atomic E-state index is 0.247. The monoisotopic (exact) mass is 364 g/mol. The Balaban J connectivity index is 1.70. The Morgan fingerprint density at radius 3 is 2.92 bits per heavy atom. The highest BCUT2D eigenvalue weighted by atomic mass is 32.1. The highest BCUT2D eigenvalue weighted by molar-refractivity contribution is 7.11. The van der Waals surface area contributed by atoms with Crippen LogP contribution < -0.4 is 10.6 Å². The Kier molecular flexibility index (Phi) is 7.75. The van der Waals surface area contributed by atoms with Crippen LogP contribution in [-0.2, 0) is 11.2 Å². The molecular formula is C19H32N4OS. The number of rotatable bonds is 6. The van der Waals surface area contributed by atoms with Crippen LogP contribution in [0.2, 0.25) is 0 Å². The molecule has 1 amide bonds. The summed E-state index contributed by atoms with van der Waals surface area (Å²) in [4.78, 5) is 21.3. The van der Waals surface area contributed by atoms with Crippen LogP contribution in [-0.4, -0.2) is 49.5 Å². The molecule has 1 aromatic heterocycles. The van der Waals surface area contributed by atoms with E-state index in [4.69, 9.17) is 0 Å². The summed E-state index contributed by atoms with van der Waals surface area (Å²) in [5.74, 6) is 1.64. The quantitative estimate of drug-likeness (QED) is 0.603. The predicted octanol–water partition coefficient (Wildman–Crippen LogP) is 2.80. The number of aryl methyl sites for hydroxylation is 1. The fraction of sp³-hybridized carbons (Fsp3) is 0.684. The van der Waals surface area contributed by atoms with Gasteiger partial charge in [-0.2, -0.15) is 0 Å². The normalized spacial score (nSPS) is 19.6. The lowest BCUT2D eigenvalue weighted by atomic mass is 10.00. The summed E-state index contributed by atoms with van der Waals surface area (Å²) in [7, 11) is 1.77. The van der Waals surface area contributed by atoms with Crippen LogP contribution in [0.4, 0.5) is 0 Å². The number of guanidine groups is 1. The van der Waals surface area contributed by atoms with Crippen LogP contribution in [0.25, 0.3) is 0 Å². The van der Waals surface area contributed by atoms with E-state index in [1.807, 2.05) is 16.2 Å². The van der Waals surface area contributed by atoms with Crippen molar-refractivity contribution in [2.24, 2.45) is 10.9 Å². The number of likely N-dealkylation sites (tertiary alicyclic amines) is 1. The van der Waals surface area contributed by atoms with Gasteiger partial charge in [-0.15, -0.1) is 11.3 Å². The summed E-state index contributed by atoms with van der Waals surface area (Å²) in [6.07, 6.45) is 3.86. The van der Waals surface area contributed by atoms with Gasteiger partial charge in [0.25, 0.3) is 0 Å². The molecule has 0 radical (unpaired) electrons. The molecule has 25 heavy (non-hydrogen) atoms. The lowest BCUT2D eigenvalue weighted by Gasteiger charge is -2.31. The second kappa shape index (κ2) is 9.80. The minimum absolute atomic E-state index is 0.247. The first-order chi connectivity index (χ1) is 12.0. The van der Waals surface area contributed by atoms with Gasteiger partial charge in [-0.1, -0.05) is 6.92 Å². The number of carbonyl (C=O) groups is 1. The van der Waals surface area contributed by atoms with E-state index in [1.165, 1.54) is 16.2 Å². The Morgan fingerprint density at radius 1 is 1.48 bits per heavy atom. The topological polar surface area (TPSA) is 56.7 Å². The van der Waals surface area contributed by atoms with Gasteiger partial charge in [0, 0.05) is 55.3 Å². The number of hydrogen-bond donors (Lipinski definition) is 2. The predicted molar refractivity (Wildman–Crippen MR) is 106 cm³/mol. The van der Waals surface area contributed by atoms with Gasteiger partial charge in [-0.25, -0.2) is 0 Å². The molecule has 6 heteroatoms. The first-order valence-electron chi connectivity index (χ1n) is 9.28. The van der Waals surface area contributed by atoms with E-state index in [9.17, 15) is 4.79 Å². The van der Waals surface area contributed by atoms with Gasteiger partial charge in [0.15, 0.2) is 5.96 Å². The van der Waals surface area contributed by atoms with Crippen LogP contribution in [0.15, 0.2) is 17.1 Å². The van der Waals surface area contributed by atoms with Crippen molar-refractivity contribution in [2.75, 3.05) is 26.7 Å². The summed E-state index contributed by atoms with van der Waals surface area (Å²) >= 11 is 1.84. The van der Waals surface area contributed by atoms with Crippen LogP contribution >= 0.6 is 11.3 Å². The van der Waals surface area contributed by atoms with Gasteiger partial charge in [0.05, 0.1) is 0 Å². The Labute approximate surface area is 155 Å². The van der Waals surface area contributed by atoms with Gasteiger partial charge in [0.1, 0.15) is 0 Å². The van der Waals surface area contributed by atoms with E-state index in [-0.39, 0.29) is 5.91 Å². The number of nitrogens with zero attached hydrogens (tertiary/aromatic N) is 2. The molecule has 140 valence electrons. The van der Waals surface area contributed by atoms with Crippen molar-refractivity contribution in [1.82, 2.24) is 15.5 Å². The minimum Gasteiger partial charge on any atom is -0.356 e. The van der Waals surface area contributed by atoms with Crippen LogP contribution in [0.1, 0.15) is 42.9 Å². The summed E-state index contributed by atoms with van der Waals surface area (Å²) in [6, 6.07) is 4.64. The van der Waals surface area contributed by atoms with E-state index in [0.29, 0.717) is 24.9 Å². The van der Waals surface area contributed by atoms with Crippen molar-refractivity contribution in [3.8, 4) is 0 Å². The molecule has 1 aliphatic heterocycles. The molecule has 0 bridgehead atoms. The maximum Gasteiger partial charge on any atom is 0.224 e. The lowest BCUT2D eigenvalue weighted by Crippen LogP contribution is -2.45. The third-order valence-corrected chi connectivity index (χ3v) is 5.57. The van der Waals surface area contributed by atoms with Gasteiger partial charge < -0.3 is 15.5 Å². The molecule has 0 aromatic carbocycles. The number of hydrogen-bond acceptors (Lipinski definition) is 3. The zero-order valence-corrected chi connectivity index (χ0v) is 16.8. The average Bonchev–Trinajstić information content (AvgIpc) is 2.98. The van der Waals surface area contributed by atoms with Crippen LogP contribution in [0, 0.1) is 12.8 Å². The van der Waals surface area contributed by atoms with Crippen molar-refractivity contribution >= 4 is 23.2 Å². The molecule has 1 aliphatic rings. The zero-order chi connectivity index (χ0) is 18.2. The maximum absolute atomic E-state index is 12.3. The fourth-order valence-electron chi connectivity index (χ4n) is 3.24. The number of aliphatic imine (C=N–C) groups is 1. The number of piperidine rings is 1. The number of nitrogens with one attached hydrogen (secondary N) is 2. The second-order valence-corrected chi connectivity index (χ2v) is 8.47. The molecule has 2 atom stereocenters. The Bertz CT molecular complexity index is 584. The van der Waals surface area contributed by atoms with Crippen LogP contribution in [0.3, 0.4) is 0 Å². The number of amides is 1. The molecule has 2 heterocycles. The van der Waals surface area contributed by atoms with Crippen molar-refractivity contribution in [1.29, 1.82) is 0 Å². The zero-order valence-electron chi connectivity index (χ0n) is 16.0. The standard InChI is InChI=1S/C19H32N4OS/c1-14-6-5-11-23(13-14)18(24)9-10-21-19(20-4)22-15(2)12-17-8-7-16(3)25-17/h7-8,14-15H,5-6,9-13H2,1-4H3,(H2,20,21,22). The maximum atomic E-state index is 12.3. The van der Waals surface area contributed by atoms with Crippen molar-refractivity contribution in [3.63, 3.8) is 0 Å². The fourth-order valence-corrected chi connectivity index (χ4v) is 4.26. The second-order valence-electron chi connectivity index (χ2n) is 7.10. The summed E-state index contributed by atoms with van der Waals surface area (Å²) in [5.41, 5.74) is 0. The average molecular weight is 365 g/mol. The van der Waals surface area contributed by atoms with Crippen molar-refractivity contribution < 1.29 is 4.79 Å². The van der Waals surface area contributed by atoms with Gasteiger partial charge >= 0.3 is 0 Å². The molecule has 5 nitrogen and oxygen atoms in total.